The van der Waals surface area contributed by atoms with Gasteiger partial charge in [0.1, 0.15) is 5.75 Å². The van der Waals surface area contributed by atoms with Crippen LogP contribution in [0.2, 0.25) is 0 Å². The molecular formula is C27H28F3N3O4. The number of alkyl halides is 3. The molecule has 0 aromatic heterocycles. The first-order valence-corrected chi connectivity index (χ1v) is 12.2. The highest BCUT2D eigenvalue weighted by Gasteiger charge is 2.31. The van der Waals surface area contributed by atoms with Crippen LogP contribution in [0, 0.1) is 5.92 Å². The quantitative estimate of drug-likeness (QED) is 0.556. The monoisotopic (exact) mass is 515 g/mol. The van der Waals surface area contributed by atoms with Gasteiger partial charge < -0.3 is 20.3 Å². The third-order valence-electron chi connectivity index (χ3n) is 6.62. The summed E-state index contributed by atoms with van der Waals surface area (Å²) in [6, 6.07) is 13.1. The van der Waals surface area contributed by atoms with Gasteiger partial charge in [0, 0.05) is 37.8 Å². The minimum Gasteiger partial charge on any atom is -0.406 e. The van der Waals surface area contributed by atoms with E-state index in [-0.39, 0.29) is 29.4 Å². The molecule has 10 heteroatoms. The predicted octanol–water partition coefficient (Wildman–Crippen LogP) is 4.47. The average molecular weight is 516 g/mol. The van der Waals surface area contributed by atoms with E-state index in [1.165, 1.54) is 30.3 Å². The Labute approximate surface area is 212 Å². The number of anilines is 1. The summed E-state index contributed by atoms with van der Waals surface area (Å²) in [6.07, 6.45) is 0.767. The minimum absolute atomic E-state index is 0.0229. The molecule has 2 heterocycles. The minimum atomic E-state index is -4.74. The first-order chi connectivity index (χ1) is 17.7. The van der Waals surface area contributed by atoms with E-state index in [1.807, 2.05) is 24.3 Å². The lowest BCUT2D eigenvalue weighted by atomic mass is 9.89. The molecule has 7 nitrogen and oxygen atoms in total. The number of nitrogens with one attached hydrogen (secondary N) is 2. The van der Waals surface area contributed by atoms with Gasteiger partial charge in [-0.05, 0) is 66.6 Å². The molecule has 2 N–H and O–H groups in total. The van der Waals surface area contributed by atoms with Crippen molar-refractivity contribution in [3.63, 3.8) is 0 Å². The van der Waals surface area contributed by atoms with E-state index in [1.54, 1.807) is 11.0 Å². The molecule has 0 saturated carbocycles. The van der Waals surface area contributed by atoms with Gasteiger partial charge in [-0.3, -0.25) is 14.4 Å². The van der Waals surface area contributed by atoms with Gasteiger partial charge in [-0.15, -0.1) is 13.2 Å². The molecule has 2 aliphatic rings. The third-order valence-corrected chi connectivity index (χ3v) is 6.62. The number of carbonyl (C=O) groups excluding carboxylic acids is 3. The van der Waals surface area contributed by atoms with E-state index < -0.39 is 6.36 Å². The number of halogens is 3. The molecule has 37 heavy (non-hydrogen) atoms. The molecule has 1 atom stereocenters. The van der Waals surface area contributed by atoms with Crippen molar-refractivity contribution in [1.82, 2.24) is 10.2 Å². The number of carbonyl (C=O) groups is 3. The lowest BCUT2D eigenvalue weighted by Gasteiger charge is -2.31. The number of ether oxygens (including phenoxy) is 1. The van der Waals surface area contributed by atoms with Crippen LogP contribution >= 0.6 is 0 Å². The van der Waals surface area contributed by atoms with Gasteiger partial charge in [-0.1, -0.05) is 24.3 Å². The summed E-state index contributed by atoms with van der Waals surface area (Å²) < 4.78 is 40.6. The molecule has 4 rings (SSSR count). The van der Waals surface area contributed by atoms with Gasteiger partial charge in [0.15, 0.2) is 0 Å². The molecule has 0 bridgehead atoms. The molecule has 0 aliphatic carbocycles. The molecule has 2 saturated heterocycles. The number of amides is 3. The second kappa shape index (κ2) is 11.5. The fourth-order valence-corrected chi connectivity index (χ4v) is 4.53. The third kappa shape index (κ3) is 7.58. The molecule has 1 unspecified atom stereocenters. The Hall–Kier alpha value is -3.82. The number of hydrogen-bond donors (Lipinski definition) is 2. The number of nitrogens with zero attached hydrogens (tertiary/aromatic N) is 1. The topological polar surface area (TPSA) is 87.7 Å². The summed E-state index contributed by atoms with van der Waals surface area (Å²) in [5, 5.41) is 5.63. The van der Waals surface area contributed by atoms with Crippen LogP contribution in [0.1, 0.15) is 42.7 Å². The van der Waals surface area contributed by atoms with Crippen LogP contribution in [0.5, 0.6) is 5.75 Å². The smallest absolute Gasteiger partial charge is 0.406 e. The summed E-state index contributed by atoms with van der Waals surface area (Å²) in [6.45, 7) is 1.55. The summed E-state index contributed by atoms with van der Waals surface area (Å²) in [5.74, 6) is -0.509. The maximum atomic E-state index is 12.6. The van der Waals surface area contributed by atoms with Crippen molar-refractivity contribution >= 4 is 29.5 Å². The molecule has 0 spiro atoms. The maximum Gasteiger partial charge on any atom is 0.573 e. The van der Waals surface area contributed by atoms with Gasteiger partial charge in [0.25, 0.3) is 0 Å². The Balaban J connectivity index is 1.23. The zero-order chi connectivity index (χ0) is 26.4. The fraction of sp³-hybridized carbons (Fsp3) is 0.370. The number of benzene rings is 2. The molecule has 3 amide bonds. The Morgan fingerprint density at radius 3 is 2.27 bits per heavy atom. The maximum absolute atomic E-state index is 12.6. The van der Waals surface area contributed by atoms with E-state index in [0.29, 0.717) is 49.6 Å². The SMILES string of the molecule is O=C1CCC(C(=O)Nc2ccc(C3CCN(C(=O)/C=C/c4ccc(OC(F)(F)F)cc4)CC3)cc2)CN1. The Morgan fingerprint density at radius 1 is 1.00 bits per heavy atom. The first-order valence-electron chi connectivity index (χ1n) is 12.2. The number of likely N-dealkylation sites (tertiary alicyclic amines) is 1. The molecule has 196 valence electrons. The number of rotatable bonds is 6. The van der Waals surface area contributed by atoms with E-state index in [4.69, 9.17) is 0 Å². The predicted molar refractivity (Wildman–Crippen MR) is 132 cm³/mol. The van der Waals surface area contributed by atoms with Crippen LogP contribution in [0.25, 0.3) is 6.08 Å². The van der Waals surface area contributed by atoms with Crippen LogP contribution < -0.4 is 15.4 Å². The Morgan fingerprint density at radius 2 is 1.68 bits per heavy atom. The summed E-state index contributed by atoms with van der Waals surface area (Å²) in [4.78, 5) is 38.0. The second-order valence-electron chi connectivity index (χ2n) is 9.20. The van der Waals surface area contributed by atoms with E-state index in [0.717, 1.165) is 18.4 Å². The lowest BCUT2D eigenvalue weighted by Crippen LogP contribution is -2.40. The van der Waals surface area contributed by atoms with Crippen LogP contribution in [-0.4, -0.2) is 48.6 Å². The highest BCUT2D eigenvalue weighted by Crippen LogP contribution is 2.29. The highest BCUT2D eigenvalue weighted by atomic mass is 19.4. The largest absolute Gasteiger partial charge is 0.573 e. The van der Waals surface area contributed by atoms with Gasteiger partial charge in [-0.25, -0.2) is 0 Å². The second-order valence-corrected chi connectivity index (χ2v) is 9.20. The summed E-state index contributed by atoms with van der Waals surface area (Å²) in [7, 11) is 0. The average Bonchev–Trinajstić information content (AvgIpc) is 2.88. The summed E-state index contributed by atoms with van der Waals surface area (Å²) in [5.41, 5.74) is 2.45. The zero-order valence-corrected chi connectivity index (χ0v) is 20.1. The molecule has 2 aromatic rings. The highest BCUT2D eigenvalue weighted by molar-refractivity contribution is 5.94. The van der Waals surface area contributed by atoms with E-state index in [9.17, 15) is 27.6 Å². The summed E-state index contributed by atoms with van der Waals surface area (Å²) >= 11 is 0. The fourth-order valence-electron chi connectivity index (χ4n) is 4.53. The van der Waals surface area contributed by atoms with Crippen molar-refractivity contribution in [3.8, 4) is 5.75 Å². The molecular weight excluding hydrogens is 487 g/mol. The molecule has 2 fully saturated rings. The molecule has 2 aliphatic heterocycles. The number of hydrogen-bond acceptors (Lipinski definition) is 4. The van der Waals surface area contributed by atoms with Crippen molar-refractivity contribution in [2.75, 3.05) is 25.0 Å². The van der Waals surface area contributed by atoms with Gasteiger partial charge in [-0.2, -0.15) is 0 Å². The van der Waals surface area contributed by atoms with E-state index >= 15 is 0 Å². The van der Waals surface area contributed by atoms with Crippen molar-refractivity contribution in [2.24, 2.45) is 5.92 Å². The van der Waals surface area contributed by atoms with Gasteiger partial charge in [0.2, 0.25) is 17.7 Å². The van der Waals surface area contributed by atoms with Crippen molar-refractivity contribution < 1.29 is 32.3 Å². The zero-order valence-electron chi connectivity index (χ0n) is 20.1. The van der Waals surface area contributed by atoms with Gasteiger partial charge in [0.05, 0.1) is 5.92 Å². The first kappa shape index (κ1) is 26.2. The van der Waals surface area contributed by atoms with Crippen LogP contribution in [0.15, 0.2) is 54.6 Å². The van der Waals surface area contributed by atoms with Crippen LogP contribution in [0.3, 0.4) is 0 Å². The normalized spacial score (nSPS) is 18.9. The van der Waals surface area contributed by atoms with Gasteiger partial charge >= 0.3 is 6.36 Å². The van der Waals surface area contributed by atoms with E-state index in [2.05, 4.69) is 15.4 Å². The Kier molecular flexibility index (Phi) is 8.15. The van der Waals surface area contributed by atoms with Crippen molar-refractivity contribution in [1.29, 1.82) is 0 Å². The molecule has 2 aromatic carbocycles. The van der Waals surface area contributed by atoms with Crippen LogP contribution in [0.4, 0.5) is 18.9 Å². The standard InChI is InChI=1S/C27H28F3N3O4/c28-27(29,30)37-23-9-1-18(2-10-23)3-12-25(35)33-15-13-20(14-16-33)19-4-7-22(8-5-19)32-26(36)21-6-11-24(34)31-17-21/h1-5,7-10,12,20-21H,6,11,13-17H2,(H,31,34)(H,32,36)/b12-3+. The Bertz CT molecular complexity index is 1130. The lowest BCUT2D eigenvalue weighted by molar-refractivity contribution is -0.274. The number of piperidine rings is 2. The van der Waals surface area contributed by atoms with Crippen molar-refractivity contribution in [2.45, 2.75) is 38.0 Å². The van der Waals surface area contributed by atoms with Crippen LogP contribution in [-0.2, 0) is 14.4 Å². The molecule has 0 radical (unpaired) electrons. The van der Waals surface area contributed by atoms with Crippen molar-refractivity contribution in [3.05, 3.63) is 65.7 Å².